The van der Waals surface area contributed by atoms with Gasteiger partial charge in [0.1, 0.15) is 0 Å². The van der Waals surface area contributed by atoms with Gasteiger partial charge in [0.25, 0.3) is 0 Å². The molecule has 0 saturated carbocycles. The highest BCUT2D eigenvalue weighted by Crippen LogP contribution is 2.45. The molecular weight excluding hydrogens is 729 g/mol. The van der Waals surface area contributed by atoms with E-state index in [4.69, 9.17) is 0 Å². The molecule has 282 valence electrons. The molecule has 0 radical (unpaired) electrons. The summed E-state index contributed by atoms with van der Waals surface area (Å²) < 4.78 is 7.37. The molecule has 0 amide bonds. The largest absolute Gasteiger partial charge is 0.310 e. The van der Waals surface area contributed by atoms with Crippen molar-refractivity contribution in [3.05, 3.63) is 231 Å². The first-order chi connectivity index (χ1) is 29.8. The number of hydrogen-bond acceptors (Lipinski definition) is 1. The molecule has 60 heavy (non-hydrogen) atoms. The number of hydrogen-bond donors (Lipinski definition) is 0. The number of aromatic nitrogens is 3. The normalized spacial score (nSPS) is 11.7. The van der Waals surface area contributed by atoms with Gasteiger partial charge < -0.3 is 18.6 Å². The fourth-order valence-electron chi connectivity index (χ4n) is 9.39. The Balaban J connectivity index is 1.20. The summed E-state index contributed by atoms with van der Waals surface area (Å²) in [6.07, 6.45) is 0. The third-order valence-electron chi connectivity index (χ3n) is 12.0. The van der Waals surface area contributed by atoms with Gasteiger partial charge in [-0.1, -0.05) is 133 Å². The topological polar surface area (TPSA) is 18.0 Å². The van der Waals surface area contributed by atoms with Crippen molar-refractivity contribution in [3.63, 3.8) is 0 Å². The Morgan fingerprint density at radius 3 is 1.25 bits per heavy atom. The molecule has 0 bridgehead atoms. The van der Waals surface area contributed by atoms with Crippen LogP contribution in [0.3, 0.4) is 0 Å². The first-order valence-electron chi connectivity index (χ1n) is 20.5. The van der Waals surface area contributed by atoms with Crippen LogP contribution in [0.25, 0.3) is 82.8 Å². The Morgan fingerprint density at radius 1 is 0.250 bits per heavy atom. The summed E-state index contributed by atoms with van der Waals surface area (Å²) in [5.74, 6) is 0. The van der Waals surface area contributed by atoms with Gasteiger partial charge in [-0.15, -0.1) is 0 Å². The zero-order valence-electron chi connectivity index (χ0n) is 32.7. The quantitative estimate of drug-likeness (QED) is 0.158. The molecule has 0 fully saturated rings. The van der Waals surface area contributed by atoms with Crippen molar-refractivity contribution < 1.29 is 0 Å². The van der Waals surface area contributed by atoms with E-state index in [1.54, 1.807) is 0 Å². The molecule has 0 atom stereocenters. The third-order valence-corrected chi connectivity index (χ3v) is 12.0. The van der Waals surface area contributed by atoms with Crippen LogP contribution in [0.1, 0.15) is 0 Å². The average Bonchev–Trinajstić information content (AvgIpc) is 3.96. The first kappa shape index (κ1) is 34.0. The molecule has 9 aromatic carbocycles. The molecule has 0 spiro atoms. The molecule has 3 aromatic heterocycles. The number of para-hydroxylation sites is 5. The lowest BCUT2D eigenvalue weighted by Gasteiger charge is -2.25. The number of nitrogens with zero attached hydrogens (tertiary/aromatic N) is 4. The van der Waals surface area contributed by atoms with E-state index in [0.717, 1.165) is 45.2 Å². The van der Waals surface area contributed by atoms with Crippen molar-refractivity contribution in [2.75, 3.05) is 4.90 Å². The number of anilines is 3. The molecule has 12 aromatic rings. The van der Waals surface area contributed by atoms with E-state index in [1.165, 1.54) is 54.7 Å². The molecule has 3 heterocycles. The van der Waals surface area contributed by atoms with Crippen LogP contribution in [0.15, 0.2) is 231 Å². The van der Waals surface area contributed by atoms with E-state index in [0.29, 0.717) is 0 Å². The maximum absolute atomic E-state index is 2.48. The van der Waals surface area contributed by atoms with Crippen LogP contribution in [-0.4, -0.2) is 13.7 Å². The van der Waals surface area contributed by atoms with Gasteiger partial charge in [0, 0.05) is 55.7 Å². The van der Waals surface area contributed by atoms with Crippen LogP contribution < -0.4 is 4.90 Å². The lowest BCUT2D eigenvalue weighted by Crippen LogP contribution is -2.09. The monoisotopic (exact) mass is 766 g/mol. The van der Waals surface area contributed by atoms with Gasteiger partial charge in [-0.25, -0.2) is 0 Å². The highest BCUT2D eigenvalue weighted by Gasteiger charge is 2.25. The maximum atomic E-state index is 2.48. The smallest absolute Gasteiger partial charge is 0.0804 e. The summed E-state index contributed by atoms with van der Waals surface area (Å²) in [7, 11) is 0. The van der Waals surface area contributed by atoms with Crippen molar-refractivity contribution >= 4 is 71.7 Å². The van der Waals surface area contributed by atoms with Crippen LogP contribution >= 0.6 is 0 Å². The molecule has 0 aliphatic rings. The zero-order chi connectivity index (χ0) is 39.6. The standard InChI is InChI=1S/C56H38N4/c1-5-17-39(18-6-1)40-29-31-44(32-30-40)60-54-35-33-45(57(41-19-7-2-8-20-41)42-21-9-3-10-22-42)37-49(54)55-56(60)50-38-46(34-36-53(50)59(55)43-23-11-4-12-24-43)58-51-27-15-13-25-47(51)48-26-14-16-28-52(48)58/h1-38H. The molecule has 12 rings (SSSR count). The predicted molar refractivity (Wildman–Crippen MR) is 252 cm³/mol. The predicted octanol–water partition coefficient (Wildman–Crippen LogP) is 15.0. The van der Waals surface area contributed by atoms with Gasteiger partial charge in [-0.2, -0.15) is 0 Å². The molecule has 0 N–H and O–H groups in total. The van der Waals surface area contributed by atoms with Crippen LogP contribution in [0.2, 0.25) is 0 Å². The molecule has 0 aliphatic carbocycles. The maximum Gasteiger partial charge on any atom is 0.0804 e. The Kier molecular flexibility index (Phi) is 7.82. The second-order valence-electron chi connectivity index (χ2n) is 15.4. The van der Waals surface area contributed by atoms with E-state index < -0.39 is 0 Å². The van der Waals surface area contributed by atoms with Crippen molar-refractivity contribution in [1.29, 1.82) is 0 Å². The van der Waals surface area contributed by atoms with E-state index in [9.17, 15) is 0 Å². The van der Waals surface area contributed by atoms with Crippen molar-refractivity contribution in [2.45, 2.75) is 0 Å². The summed E-state index contributed by atoms with van der Waals surface area (Å²) in [5.41, 5.74) is 16.1. The number of benzene rings is 9. The average molecular weight is 767 g/mol. The summed E-state index contributed by atoms with van der Waals surface area (Å²) in [5, 5.41) is 4.86. The Hall–Kier alpha value is -8.08. The summed E-state index contributed by atoms with van der Waals surface area (Å²) in [4.78, 5) is 2.35. The molecule has 0 saturated heterocycles. The fourth-order valence-corrected chi connectivity index (χ4v) is 9.39. The van der Waals surface area contributed by atoms with E-state index in [1.807, 2.05) is 0 Å². The molecule has 0 aliphatic heterocycles. The van der Waals surface area contributed by atoms with Gasteiger partial charge >= 0.3 is 0 Å². The first-order valence-corrected chi connectivity index (χ1v) is 20.5. The summed E-state index contributed by atoms with van der Waals surface area (Å²) in [6, 6.07) is 83.3. The highest BCUT2D eigenvalue weighted by molar-refractivity contribution is 6.21. The molecule has 4 nitrogen and oxygen atoms in total. The zero-order valence-corrected chi connectivity index (χ0v) is 32.7. The second kappa shape index (κ2) is 13.8. The van der Waals surface area contributed by atoms with E-state index in [-0.39, 0.29) is 0 Å². The molecular formula is C56H38N4. The van der Waals surface area contributed by atoms with Crippen molar-refractivity contribution in [1.82, 2.24) is 13.7 Å². The van der Waals surface area contributed by atoms with Crippen LogP contribution in [0.5, 0.6) is 0 Å². The number of fused-ring (bicyclic) bond motifs is 8. The minimum atomic E-state index is 1.09. The number of rotatable bonds is 7. The van der Waals surface area contributed by atoms with Gasteiger partial charge in [0.05, 0.1) is 33.1 Å². The lowest BCUT2D eigenvalue weighted by molar-refractivity contribution is 1.17. The fraction of sp³-hybridized carbons (Fsp3) is 0. The minimum absolute atomic E-state index is 1.09. The van der Waals surface area contributed by atoms with Gasteiger partial charge in [-0.3, -0.25) is 0 Å². The lowest BCUT2D eigenvalue weighted by atomic mass is 10.1. The SMILES string of the molecule is c1ccc(-c2ccc(-n3c4ccc(N(c5ccccc5)c5ccccc5)cc4c4c3c3cc(-n5c6ccccc6c6ccccc65)ccc3n4-c3ccccc3)cc2)cc1. The molecule has 4 heteroatoms. The van der Waals surface area contributed by atoms with E-state index in [2.05, 4.69) is 249 Å². The Labute approximate surface area is 347 Å². The molecule has 0 unspecified atom stereocenters. The van der Waals surface area contributed by atoms with Gasteiger partial charge in [0.2, 0.25) is 0 Å². The Morgan fingerprint density at radius 2 is 0.667 bits per heavy atom. The van der Waals surface area contributed by atoms with Crippen LogP contribution in [0, 0.1) is 0 Å². The summed E-state index contributed by atoms with van der Waals surface area (Å²) >= 11 is 0. The second-order valence-corrected chi connectivity index (χ2v) is 15.4. The highest BCUT2D eigenvalue weighted by atomic mass is 15.1. The minimum Gasteiger partial charge on any atom is -0.310 e. The Bertz CT molecular complexity index is 3410. The van der Waals surface area contributed by atoms with Crippen molar-refractivity contribution in [3.8, 4) is 28.2 Å². The summed E-state index contributed by atoms with van der Waals surface area (Å²) in [6.45, 7) is 0. The van der Waals surface area contributed by atoms with Crippen LogP contribution in [-0.2, 0) is 0 Å². The third kappa shape index (κ3) is 5.32. The van der Waals surface area contributed by atoms with Crippen LogP contribution in [0.4, 0.5) is 17.1 Å². The van der Waals surface area contributed by atoms with Gasteiger partial charge in [-0.05, 0) is 108 Å². The van der Waals surface area contributed by atoms with E-state index >= 15 is 0 Å². The van der Waals surface area contributed by atoms with Gasteiger partial charge in [0.15, 0.2) is 0 Å². The van der Waals surface area contributed by atoms with Crippen molar-refractivity contribution in [2.24, 2.45) is 0 Å².